The Hall–Kier alpha value is -1.40. The maximum absolute atomic E-state index is 11.6. The third-order valence-electron chi connectivity index (χ3n) is 3.26. The van der Waals surface area contributed by atoms with E-state index in [9.17, 15) is 14.7 Å². The van der Waals surface area contributed by atoms with E-state index in [0.29, 0.717) is 6.54 Å². The van der Waals surface area contributed by atoms with E-state index < -0.39 is 17.4 Å². The Morgan fingerprint density at radius 3 is 2.63 bits per heavy atom. The number of rotatable bonds is 5. The molecule has 1 aromatic rings. The topological polar surface area (TPSA) is 78.4 Å². The lowest BCUT2D eigenvalue weighted by atomic mass is 9.95. The molecule has 104 valence electrons. The van der Waals surface area contributed by atoms with Crippen molar-refractivity contribution in [1.29, 1.82) is 0 Å². The largest absolute Gasteiger partial charge is 0.382 e. The van der Waals surface area contributed by atoms with Gasteiger partial charge in [0.15, 0.2) is 0 Å². The fourth-order valence-corrected chi connectivity index (χ4v) is 2.96. The third-order valence-corrected chi connectivity index (χ3v) is 4.30. The predicted molar refractivity (Wildman–Crippen MR) is 72.6 cm³/mol. The Labute approximate surface area is 116 Å². The van der Waals surface area contributed by atoms with Crippen LogP contribution in [0, 0.1) is 5.92 Å². The van der Waals surface area contributed by atoms with Gasteiger partial charge in [0, 0.05) is 11.4 Å². The minimum Gasteiger partial charge on any atom is -0.382 e. The van der Waals surface area contributed by atoms with Crippen LogP contribution in [0.1, 0.15) is 24.6 Å². The monoisotopic (exact) mass is 282 g/mol. The van der Waals surface area contributed by atoms with Crippen LogP contribution in [0.5, 0.6) is 0 Å². The lowest BCUT2D eigenvalue weighted by molar-refractivity contribution is -0.140. The highest BCUT2D eigenvalue weighted by molar-refractivity contribution is 7.10. The van der Waals surface area contributed by atoms with Crippen molar-refractivity contribution in [2.75, 3.05) is 13.1 Å². The number of hydrogen-bond donors (Lipinski definition) is 3. The molecule has 0 bridgehead atoms. The molecular weight excluding hydrogens is 264 g/mol. The van der Waals surface area contributed by atoms with Gasteiger partial charge in [-0.05, 0) is 37.1 Å². The molecule has 6 heteroatoms. The van der Waals surface area contributed by atoms with Gasteiger partial charge in [-0.15, -0.1) is 11.3 Å². The Morgan fingerprint density at radius 2 is 2.11 bits per heavy atom. The molecule has 1 aromatic heterocycles. The summed E-state index contributed by atoms with van der Waals surface area (Å²) < 4.78 is 0. The van der Waals surface area contributed by atoms with E-state index in [4.69, 9.17) is 0 Å². The van der Waals surface area contributed by atoms with E-state index in [1.165, 1.54) is 11.3 Å². The number of carbonyl (C=O) groups is 2. The minimum absolute atomic E-state index is 0.0775. The van der Waals surface area contributed by atoms with Crippen molar-refractivity contribution in [3.05, 3.63) is 22.4 Å². The molecule has 2 rings (SSSR count). The van der Waals surface area contributed by atoms with E-state index in [1.54, 1.807) is 6.92 Å². The normalized spacial score (nSPS) is 17.6. The Bertz CT molecular complexity index is 456. The number of hydrogen-bond acceptors (Lipinski definition) is 4. The highest BCUT2D eigenvalue weighted by atomic mass is 32.1. The van der Waals surface area contributed by atoms with Crippen molar-refractivity contribution in [3.8, 4) is 0 Å². The summed E-state index contributed by atoms with van der Waals surface area (Å²) in [5.74, 6) is -1.19. The Kier molecular flexibility index (Phi) is 4.21. The molecule has 1 heterocycles. The van der Waals surface area contributed by atoms with E-state index in [-0.39, 0.29) is 12.5 Å². The van der Waals surface area contributed by atoms with Crippen molar-refractivity contribution in [2.45, 2.75) is 25.4 Å². The van der Waals surface area contributed by atoms with Crippen molar-refractivity contribution in [1.82, 2.24) is 10.6 Å². The van der Waals surface area contributed by atoms with Gasteiger partial charge in [0.25, 0.3) is 0 Å². The lowest BCUT2D eigenvalue weighted by Gasteiger charge is -2.27. The highest BCUT2D eigenvalue weighted by Gasteiger charge is 2.46. The zero-order valence-corrected chi connectivity index (χ0v) is 11.6. The average Bonchev–Trinajstić information content (AvgIpc) is 3.11. The van der Waals surface area contributed by atoms with Crippen LogP contribution in [0.25, 0.3) is 0 Å². The van der Waals surface area contributed by atoms with Gasteiger partial charge in [0.05, 0.1) is 6.54 Å². The molecule has 1 fully saturated rings. The molecule has 0 spiro atoms. The molecule has 1 unspecified atom stereocenters. The maximum Gasteiger partial charge on any atom is 0.309 e. The second-order valence-electron chi connectivity index (χ2n) is 4.72. The second kappa shape index (κ2) is 5.71. The molecule has 1 saturated carbocycles. The van der Waals surface area contributed by atoms with Crippen molar-refractivity contribution >= 4 is 23.2 Å². The summed E-state index contributed by atoms with van der Waals surface area (Å²) in [5.41, 5.74) is -1.05. The van der Waals surface area contributed by atoms with Crippen LogP contribution in [-0.2, 0) is 15.2 Å². The molecule has 3 N–H and O–H groups in total. The van der Waals surface area contributed by atoms with Crippen LogP contribution in [0.4, 0.5) is 0 Å². The Balaban J connectivity index is 1.99. The second-order valence-corrected chi connectivity index (χ2v) is 5.67. The number of nitrogens with one attached hydrogen (secondary N) is 2. The van der Waals surface area contributed by atoms with Crippen LogP contribution in [0.3, 0.4) is 0 Å². The maximum atomic E-state index is 11.6. The fraction of sp³-hybridized carbons (Fsp3) is 0.538. The summed E-state index contributed by atoms with van der Waals surface area (Å²) in [4.78, 5) is 23.7. The van der Waals surface area contributed by atoms with Gasteiger partial charge >= 0.3 is 11.8 Å². The van der Waals surface area contributed by atoms with Crippen molar-refractivity contribution in [3.63, 3.8) is 0 Å². The summed E-state index contributed by atoms with van der Waals surface area (Å²) in [6.45, 7) is 2.23. The first-order chi connectivity index (χ1) is 9.08. The SMILES string of the molecule is CCNC(=O)C(=O)NCC(O)(c1cccs1)C1CC1. The summed E-state index contributed by atoms with van der Waals surface area (Å²) >= 11 is 1.47. The molecule has 19 heavy (non-hydrogen) atoms. The predicted octanol–water partition coefficient (Wildman–Crippen LogP) is 0.598. The van der Waals surface area contributed by atoms with Gasteiger partial charge in [-0.2, -0.15) is 0 Å². The molecule has 0 aliphatic heterocycles. The smallest absolute Gasteiger partial charge is 0.309 e. The van der Waals surface area contributed by atoms with Crippen LogP contribution in [0.2, 0.25) is 0 Å². The number of amides is 2. The third kappa shape index (κ3) is 3.13. The van der Waals surface area contributed by atoms with Gasteiger partial charge in [-0.3, -0.25) is 9.59 Å². The first kappa shape index (κ1) is 14.0. The van der Waals surface area contributed by atoms with Crippen LogP contribution in [0.15, 0.2) is 17.5 Å². The number of thiophene rings is 1. The first-order valence-corrected chi connectivity index (χ1v) is 7.28. The summed E-state index contributed by atoms with van der Waals surface area (Å²) in [5, 5.41) is 17.6. The molecular formula is C13H18N2O3S. The molecule has 2 amide bonds. The van der Waals surface area contributed by atoms with Gasteiger partial charge in [0.1, 0.15) is 5.60 Å². The minimum atomic E-state index is -1.05. The number of aliphatic hydroxyl groups is 1. The van der Waals surface area contributed by atoms with Crippen molar-refractivity contribution in [2.24, 2.45) is 5.92 Å². The van der Waals surface area contributed by atoms with Gasteiger partial charge in [0.2, 0.25) is 0 Å². The molecule has 1 aliphatic carbocycles. The molecule has 0 radical (unpaired) electrons. The lowest BCUT2D eigenvalue weighted by Crippen LogP contribution is -2.47. The van der Waals surface area contributed by atoms with E-state index in [2.05, 4.69) is 10.6 Å². The average molecular weight is 282 g/mol. The van der Waals surface area contributed by atoms with E-state index in [0.717, 1.165) is 17.7 Å². The Morgan fingerprint density at radius 1 is 1.42 bits per heavy atom. The molecule has 5 nitrogen and oxygen atoms in total. The number of carbonyl (C=O) groups excluding carboxylic acids is 2. The van der Waals surface area contributed by atoms with Crippen molar-refractivity contribution < 1.29 is 14.7 Å². The molecule has 0 aromatic carbocycles. The molecule has 0 saturated heterocycles. The highest BCUT2D eigenvalue weighted by Crippen LogP contribution is 2.46. The van der Waals surface area contributed by atoms with E-state index in [1.807, 2.05) is 17.5 Å². The number of likely N-dealkylation sites (N-methyl/N-ethyl adjacent to an activating group) is 1. The summed E-state index contributed by atoms with van der Waals surface area (Å²) in [6, 6.07) is 3.74. The summed E-state index contributed by atoms with van der Waals surface area (Å²) in [7, 11) is 0. The van der Waals surface area contributed by atoms with Gasteiger partial charge in [-0.25, -0.2) is 0 Å². The zero-order valence-electron chi connectivity index (χ0n) is 10.8. The van der Waals surface area contributed by atoms with Crippen LogP contribution < -0.4 is 10.6 Å². The molecule has 1 atom stereocenters. The summed E-state index contributed by atoms with van der Waals surface area (Å²) in [6.07, 6.45) is 1.90. The molecule has 1 aliphatic rings. The quantitative estimate of drug-likeness (QED) is 0.692. The zero-order chi connectivity index (χ0) is 13.9. The van der Waals surface area contributed by atoms with Gasteiger partial charge in [-0.1, -0.05) is 6.07 Å². The standard InChI is InChI=1S/C13H18N2O3S/c1-2-14-11(16)12(17)15-8-13(18,9-5-6-9)10-4-3-7-19-10/h3-4,7,9,18H,2,5-6,8H2,1H3,(H,14,16)(H,15,17). The van der Waals surface area contributed by atoms with E-state index >= 15 is 0 Å². The van der Waals surface area contributed by atoms with Crippen LogP contribution >= 0.6 is 11.3 Å². The first-order valence-electron chi connectivity index (χ1n) is 6.40. The van der Waals surface area contributed by atoms with Crippen LogP contribution in [-0.4, -0.2) is 30.0 Å². The van der Waals surface area contributed by atoms with Gasteiger partial charge < -0.3 is 15.7 Å². The fourth-order valence-electron chi connectivity index (χ4n) is 2.05.